The number of benzene rings is 1. The first-order valence-corrected chi connectivity index (χ1v) is 7.43. The van der Waals surface area contributed by atoms with Gasteiger partial charge in [0, 0.05) is 11.4 Å². The van der Waals surface area contributed by atoms with Crippen molar-refractivity contribution < 1.29 is 4.79 Å². The van der Waals surface area contributed by atoms with E-state index in [1.807, 2.05) is 12.1 Å². The molecule has 1 N–H and O–H groups in total. The minimum atomic E-state index is 0.0294. The molecule has 3 rings (SSSR count). The van der Waals surface area contributed by atoms with Crippen LogP contribution in [0, 0.1) is 5.92 Å². The van der Waals surface area contributed by atoms with E-state index in [-0.39, 0.29) is 5.91 Å². The van der Waals surface area contributed by atoms with Crippen LogP contribution in [0.1, 0.15) is 19.3 Å². The molecule has 1 unspecified atom stereocenters. The second-order valence-corrected chi connectivity index (χ2v) is 6.12. The van der Waals surface area contributed by atoms with Crippen molar-refractivity contribution >= 4 is 44.2 Å². The van der Waals surface area contributed by atoms with Gasteiger partial charge in [0.2, 0.25) is 5.91 Å². The summed E-state index contributed by atoms with van der Waals surface area (Å²) in [7, 11) is 0. The SMILES string of the molecule is O=C(CC1C=CCC1)Nc1nc2ccc(Cl)cc2s1. The van der Waals surface area contributed by atoms with E-state index in [1.165, 1.54) is 11.3 Å². The number of carbonyl (C=O) groups is 1. The van der Waals surface area contributed by atoms with Crippen LogP contribution in [0.5, 0.6) is 0 Å². The normalized spacial score (nSPS) is 18.1. The van der Waals surface area contributed by atoms with Gasteiger partial charge >= 0.3 is 0 Å². The van der Waals surface area contributed by atoms with E-state index in [2.05, 4.69) is 22.5 Å². The van der Waals surface area contributed by atoms with Crippen molar-refractivity contribution in [3.8, 4) is 0 Å². The van der Waals surface area contributed by atoms with E-state index in [0.29, 0.717) is 22.5 Å². The second kappa shape index (κ2) is 5.31. The van der Waals surface area contributed by atoms with Gasteiger partial charge in [0.05, 0.1) is 10.2 Å². The monoisotopic (exact) mass is 292 g/mol. The Morgan fingerprint density at radius 3 is 3.21 bits per heavy atom. The van der Waals surface area contributed by atoms with Crippen molar-refractivity contribution in [2.24, 2.45) is 5.92 Å². The maximum absolute atomic E-state index is 11.9. The van der Waals surface area contributed by atoms with Crippen LogP contribution in [0.25, 0.3) is 10.2 Å². The molecule has 1 atom stereocenters. The molecule has 0 aliphatic heterocycles. The summed E-state index contributed by atoms with van der Waals surface area (Å²) >= 11 is 7.38. The number of halogens is 1. The van der Waals surface area contributed by atoms with E-state index in [0.717, 1.165) is 23.1 Å². The molecule has 2 aromatic rings. The Morgan fingerprint density at radius 1 is 1.53 bits per heavy atom. The summed E-state index contributed by atoms with van der Waals surface area (Å²) < 4.78 is 0.989. The zero-order valence-electron chi connectivity index (χ0n) is 10.2. The number of fused-ring (bicyclic) bond motifs is 1. The highest BCUT2D eigenvalue weighted by Crippen LogP contribution is 2.29. The number of nitrogens with one attached hydrogen (secondary N) is 1. The number of aromatic nitrogens is 1. The number of nitrogens with zero attached hydrogens (tertiary/aromatic N) is 1. The van der Waals surface area contributed by atoms with Crippen LogP contribution in [0.15, 0.2) is 30.4 Å². The summed E-state index contributed by atoms with van der Waals surface area (Å²) in [5.41, 5.74) is 0.866. The summed E-state index contributed by atoms with van der Waals surface area (Å²) in [6, 6.07) is 5.53. The van der Waals surface area contributed by atoms with Crippen molar-refractivity contribution in [1.82, 2.24) is 4.98 Å². The van der Waals surface area contributed by atoms with Gasteiger partial charge in [0.15, 0.2) is 5.13 Å². The summed E-state index contributed by atoms with van der Waals surface area (Å²) in [5, 5.41) is 4.20. The number of hydrogen-bond donors (Lipinski definition) is 1. The summed E-state index contributed by atoms with van der Waals surface area (Å²) in [4.78, 5) is 16.3. The molecule has 19 heavy (non-hydrogen) atoms. The fourth-order valence-electron chi connectivity index (χ4n) is 2.23. The third-order valence-corrected chi connectivity index (χ3v) is 4.33. The van der Waals surface area contributed by atoms with Crippen LogP contribution in [-0.2, 0) is 4.79 Å². The first kappa shape index (κ1) is 12.6. The predicted molar refractivity (Wildman–Crippen MR) is 79.7 cm³/mol. The fourth-order valence-corrected chi connectivity index (χ4v) is 3.38. The smallest absolute Gasteiger partial charge is 0.226 e. The zero-order valence-corrected chi connectivity index (χ0v) is 11.8. The van der Waals surface area contributed by atoms with E-state index >= 15 is 0 Å². The lowest BCUT2D eigenvalue weighted by molar-refractivity contribution is -0.116. The Hall–Kier alpha value is -1.39. The van der Waals surface area contributed by atoms with Gasteiger partial charge < -0.3 is 5.32 Å². The van der Waals surface area contributed by atoms with Crippen LogP contribution >= 0.6 is 22.9 Å². The Labute approximate surface area is 120 Å². The van der Waals surface area contributed by atoms with E-state index < -0.39 is 0 Å². The van der Waals surface area contributed by atoms with E-state index in [4.69, 9.17) is 11.6 Å². The minimum Gasteiger partial charge on any atom is -0.302 e. The molecule has 1 aliphatic rings. The van der Waals surface area contributed by atoms with Gasteiger partial charge in [-0.15, -0.1) is 0 Å². The Kier molecular flexibility index (Phi) is 3.53. The molecule has 1 aromatic heterocycles. The zero-order chi connectivity index (χ0) is 13.2. The first-order valence-electron chi connectivity index (χ1n) is 6.23. The van der Waals surface area contributed by atoms with Crippen LogP contribution in [0.2, 0.25) is 5.02 Å². The number of rotatable bonds is 3. The molecule has 0 fully saturated rings. The molecule has 0 saturated heterocycles. The molecule has 3 nitrogen and oxygen atoms in total. The Bertz CT molecular complexity index is 650. The van der Waals surface area contributed by atoms with Gasteiger partial charge in [-0.25, -0.2) is 4.98 Å². The Balaban J connectivity index is 1.70. The molecular formula is C14H13ClN2OS. The molecule has 1 amide bonds. The molecule has 5 heteroatoms. The number of thiazole rings is 1. The molecular weight excluding hydrogens is 280 g/mol. The van der Waals surface area contributed by atoms with Crippen LogP contribution in [0.3, 0.4) is 0 Å². The number of amides is 1. The lowest BCUT2D eigenvalue weighted by atomic mass is 10.1. The summed E-state index contributed by atoms with van der Waals surface area (Å²) in [5.74, 6) is 0.408. The molecule has 0 saturated carbocycles. The lowest BCUT2D eigenvalue weighted by Crippen LogP contribution is -2.14. The highest BCUT2D eigenvalue weighted by Gasteiger charge is 2.15. The van der Waals surface area contributed by atoms with E-state index in [1.54, 1.807) is 6.07 Å². The van der Waals surface area contributed by atoms with Crippen molar-refractivity contribution in [3.63, 3.8) is 0 Å². The number of hydrogen-bond acceptors (Lipinski definition) is 3. The van der Waals surface area contributed by atoms with Gasteiger partial charge in [-0.2, -0.15) is 0 Å². The molecule has 0 radical (unpaired) electrons. The molecule has 98 valence electrons. The minimum absolute atomic E-state index is 0.0294. The molecule has 1 aromatic carbocycles. The fraction of sp³-hybridized carbons (Fsp3) is 0.286. The topological polar surface area (TPSA) is 42.0 Å². The van der Waals surface area contributed by atoms with Gasteiger partial charge in [-0.1, -0.05) is 35.1 Å². The summed E-state index contributed by atoms with van der Waals surface area (Å²) in [6.07, 6.45) is 6.95. The predicted octanol–water partition coefficient (Wildman–Crippen LogP) is 4.24. The Morgan fingerprint density at radius 2 is 2.42 bits per heavy atom. The average molecular weight is 293 g/mol. The standard InChI is InChI=1S/C14H13ClN2OS/c15-10-5-6-11-12(8-10)19-14(16-11)17-13(18)7-9-3-1-2-4-9/h1,3,5-6,8-9H,2,4,7H2,(H,16,17,18). The molecule has 1 heterocycles. The van der Waals surface area contributed by atoms with E-state index in [9.17, 15) is 4.79 Å². The van der Waals surface area contributed by atoms with Gasteiger partial charge in [0.1, 0.15) is 0 Å². The molecule has 1 aliphatic carbocycles. The van der Waals surface area contributed by atoms with Crippen LogP contribution in [-0.4, -0.2) is 10.9 Å². The van der Waals surface area contributed by atoms with Crippen molar-refractivity contribution in [3.05, 3.63) is 35.4 Å². The van der Waals surface area contributed by atoms with Crippen molar-refractivity contribution in [2.45, 2.75) is 19.3 Å². The maximum Gasteiger partial charge on any atom is 0.226 e. The van der Waals surface area contributed by atoms with Crippen LogP contribution < -0.4 is 5.32 Å². The highest BCUT2D eigenvalue weighted by molar-refractivity contribution is 7.22. The van der Waals surface area contributed by atoms with Crippen molar-refractivity contribution in [1.29, 1.82) is 0 Å². The average Bonchev–Trinajstić information content (AvgIpc) is 2.97. The largest absolute Gasteiger partial charge is 0.302 e. The van der Waals surface area contributed by atoms with Crippen molar-refractivity contribution in [2.75, 3.05) is 5.32 Å². The van der Waals surface area contributed by atoms with Gasteiger partial charge in [-0.3, -0.25) is 4.79 Å². The third kappa shape index (κ3) is 2.96. The maximum atomic E-state index is 11.9. The summed E-state index contributed by atoms with van der Waals surface area (Å²) in [6.45, 7) is 0. The van der Waals surface area contributed by atoms with Crippen LogP contribution in [0.4, 0.5) is 5.13 Å². The second-order valence-electron chi connectivity index (χ2n) is 4.65. The van der Waals surface area contributed by atoms with Gasteiger partial charge in [-0.05, 0) is 37.0 Å². The molecule has 0 bridgehead atoms. The quantitative estimate of drug-likeness (QED) is 0.860. The molecule has 0 spiro atoms. The first-order chi connectivity index (χ1) is 9.20. The number of anilines is 1. The third-order valence-electron chi connectivity index (χ3n) is 3.16. The van der Waals surface area contributed by atoms with Gasteiger partial charge in [0.25, 0.3) is 0 Å². The number of carbonyl (C=O) groups excluding carboxylic acids is 1. The lowest BCUT2D eigenvalue weighted by Gasteiger charge is -2.06. The number of allylic oxidation sites excluding steroid dienone is 2. The highest BCUT2D eigenvalue weighted by atomic mass is 35.5.